The fraction of sp³-hybridized carbons (Fsp3) is 0.200. The van der Waals surface area contributed by atoms with Crippen LogP contribution in [0.25, 0.3) is 0 Å². The molecule has 0 bridgehead atoms. The van der Waals surface area contributed by atoms with Crippen LogP contribution >= 0.6 is 0 Å². The molecule has 1 aromatic carbocycles. The second-order valence-corrected chi connectivity index (χ2v) is 3.39. The molecule has 110 valence electrons. The number of aliphatic imine (C=N–C) groups is 2. The third-order valence-corrected chi connectivity index (χ3v) is 1.86. The van der Waals surface area contributed by atoms with Crippen molar-refractivity contribution < 1.29 is 22.6 Å². The minimum atomic E-state index is -4.80. The summed E-state index contributed by atoms with van der Waals surface area (Å²) in [6, 6.07) is 3.28. The van der Waals surface area contributed by atoms with E-state index < -0.39 is 12.1 Å². The summed E-state index contributed by atoms with van der Waals surface area (Å²) in [5, 5.41) is 0. The molecule has 0 spiro atoms. The van der Waals surface area contributed by atoms with Crippen LogP contribution in [0.4, 0.5) is 18.9 Å². The molecule has 0 saturated carbocycles. The molecule has 0 atom stereocenters. The van der Waals surface area contributed by atoms with Gasteiger partial charge in [0, 0.05) is 6.07 Å². The van der Waals surface area contributed by atoms with E-state index in [9.17, 15) is 13.2 Å². The summed E-state index contributed by atoms with van der Waals surface area (Å²) < 4.78 is 44.9. The molecule has 10 heteroatoms. The topological polar surface area (TPSA) is 121 Å². The maximum atomic E-state index is 12.1. The van der Waals surface area contributed by atoms with Crippen LogP contribution in [-0.2, 0) is 0 Å². The molecule has 20 heavy (non-hydrogen) atoms. The van der Waals surface area contributed by atoms with Gasteiger partial charge in [0.05, 0.1) is 7.11 Å². The first kappa shape index (κ1) is 15.4. The maximum absolute atomic E-state index is 12.1. The number of guanidine groups is 2. The number of benzene rings is 1. The Morgan fingerprint density at radius 2 is 1.85 bits per heavy atom. The molecule has 0 unspecified atom stereocenters. The number of nitrogens with zero attached hydrogens (tertiary/aromatic N) is 2. The van der Waals surface area contributed by atoms with E-state index in [2.05, 4.69) is 14.7 Å². The van der Waals surface area contributed by atoms with Crippen molar-refractivity contribution in [3.05, 3.63) is 18.2 Å². The van der Waals surface area contributed by atoms with Gasteiger partial charge in [0.2, 0.25) is 5.96 Å². The smallest absolute Gasteiger partial charge is 0.494 e. The Bertz CT molecular complexity index is 538. The van der Waals surface area contributed by atoms with E-state index in [4.69, 9.17) is 21.9 Å². The van der Waals surface area contributed by atoms with Crippen molar-refractivity contribution in [2.24, 2.45) is 27.2 Å². The molecular formula is C10H12F3N5O2. The highest BCUT2D eigenvalue weighted by Gasteiger charge is 2.31. The Labute approximate surface area is 111 Å². The minimum absolute atomic E-state index is 0.0143. The van der Waals surface area contributed by atoms with Crippen molar-refractivity contribution >= 4 is 17.6 Å². The van der Waals surface area contributed by atoms with Crippen LogP contribution in [0, 0.1) is 0 Å². The highest BCUT2D eigenvalue weighted by Crippen LogP contribution is 2.33. The zero-order valence-corrected chi connectivity index (χ0v) is 10.3. The molecule has 0 aliphatic heterocycles. The van der Waals surface area contributed by atoms with Gasteiger partial charge in [-0.15, -0.1) is 13.2 Å². The summed E-state index contributed by atoms with van der Waals surface area (Å²) in [6.07, 6.45) is -4.80. The second kappa shape index (κ2) is 5.99. The predicted octanol–water partition coefficient (Wildman–Crippen LogP) is 0.813. The summed E-state index contributed by atoms with van der Waals surface area (Å²) in [7, 11) is 1.25. The van der Waals surface area contributed by atoms with Gasteiger partial charge in [-0.1, -0.05) is 0 Å². The molecule has 7 nitrogen and oxygen atoms in total. The third-order valence-electron chi connectivity index (χ3n) is 1.86. The van der Waals surface area contributed by atoms with E-state index in [1.54, 1.807) is 0 Å². The molecule has 0 aromatic heterocycles. The second-order valence-electron chi connectivity index (χ2n) is 3.39. The predicted molar refractivity (Wildman–Crippen MR) is 66.8 cm³/mol. The Morgan fingerprint density at radius 1 is 1.20 bits per heavy atom. The molecule has 0 aliphatic carbocycles. The van der Waals surface area contributed by atoms with Gasteiger partial charge in [0.25, 0.3) is 0 Å². The largest absolute Gasteiger partial charge is 0.573 e. The van der Waals surface area contributed by atoms with E-state index in [-0.39, 0.29) is 23.4 Å². The van der Waals surface area contributed by atoms with E-state index in [1.807, 2.05) is 0 Å². The van der Waals surface area contributed by atoms with Gasteiger partial charge < -0.3 is 26.7 Å². The number of halogens is 3. The molecule has 0 heterocycles. The number of ether oxygens (including phenoxy) is 2. The Kier molecular flexibility index (Phi) is 4.62. The molecule has 0 fully saturated rings. The van der Waals surface area contributed by atoms with E-state index in [1.165, 1.54) is 13.2 Å². The number of rotatable bonds is 3. The highest BCUT2D eigenvalue weighted by molar-refractivity contribution is 5.93. The lowest BCUT2D eigenvalue weighted by Crippen LogP contribution is -2.26. The summed E-state index contributed by atoms with van der Waals surface area (Å²) in [6.45, 7) is 0. The van der Waals surface area contributed by atoms with Crippen molar-refractivity contribution in [1.29, 1.82) is 0 Å². The SMILES string of the molecule is COc1cc(OC(F)(F)F)ccc1N=C(N)N=C(N)N. The van der Waals surface area contributed by atoms with Crippen LogP contribution in [0.5, 0.6) is 11.5 Å². The summed E-state index contributed by atoms with van der Waals surface area (Å²) in [5.74, 6) is -1.01. The molecule has 0 amide bonds. The van der Waals surface area contributed by atoms with E-state index >= 15 is 0 Å². The summed E-state index contributed by atoms with van der Waals surface area (Å²) in [4.78, 5) is 7.26. The van der Waals surface area contributed by atoms with Crippen molar-refractivity contribution in [2.45, 2.75) is 6.36 Å². The monoisotopic (exact) mass is 291 g/mol. The number of alkyl halides is 3. The van der Waals surface area contributed by atoms with Crippen LogP contribution in [0.3, 0.4) is 0 Å². The standard InChI is InChI=1S/C10H12F3N5O2/c1-19-7-4-5(20-10(11,12)13)2-3-6(7)17-9(16)18-8(14)15/h2-4H,1H3,(H6,14,15,16,17,18). The molecule has 1 aromatic rings. The van der Waals surface area contributed by atoms with Gasteiger partial charge >= 0.3 is 6.36 Å². The zero-order chi connectivity index (χ0) is 15.3. The summed E-state index contributed by atoms with van der Waals surface area (Å²) in [5.41, 5.74) is 15.8. The van der Waals surface area contributed by atoms with Gasteiger partial charge in [0.15, 0.2) is 5.96 Å². The Hall–Kier alpha value is -2.65. The normalized spacial score (nSPS) is 11.9. The Morgan fingerprint density at radius 3 is 2.35 bits per heavy atom. The highest BCUT2D eigenvalue weighted by atomic mass is 19.4. The number of hydrogen-bond donors (Lipinski definition) is 3. The summed E-state index contributed by atoms with van der Waals surface area (Å²) >= 11 is 0. The van der Waals surface area contributed by atoms with Gasteiger partial charge in [-0.2, -0.15) is 4.99 Å². The minimum Gasteiger partial charge on any atom is -0.494 e. The van der Waals surface area contributed by atoms with Crippen LogP contribution in [-0.4, -0.2) is 25.4 Å². The molecule has 6 N–H and O–H groups in total. The molecule has 0 saturated heterocycles. The van der Waals surface area contributed by atoms with Crippen LogP contribution in [0.15, 0.2) is 28.2 Å². The first-order chi connectivity index (χ1) is 9.21. The quantitative estimate of drug-likeness (QED) is 0.562. The van der Waals surface area contributed by atoms with Crippen LogP contribution in [0.1, 0.15) is 0 Å². The molecule has 0 aliphatic rings. The average molecular weight is 291 g/mol. The van der Waals surface area contributed by atoms with E-state index in [0.29, 0.717) is 0 Å². The van der Waals surface area contributed by atoms with Crippen molar-refractivity contribution in [2.75, 3.05) is 7.11 Å². The average Bonchev–Trinajstić information content (AvgIpc) is 2.28. The molecule has 0 radical (unpaired) electrons. The van der Waals surface area contributed by atoms with Gasteiger partial charge in [-0.05, 0) is 12.1 Å². The number of methoxy groups -OCH3 is 1. The van der Waals surface area contributed by atoms with Crippen molar-refractivity contribution in [3.63, 3.8) is 0 Å². The maximum Gasteiger partial charge on any atom is 0.573 e. The lowest BCUT2D eigenvalue weighted by molar-refractivity contribution is -0.274. The van der Waals surface area contributed by atoms with Crippen molar-refractivity contribution in [3.8, 4) is 11.5 Å². The van der Waals surface area contributed by atoms with Gasteiger partial charge in [-0.3, -0.25) is 0 Å². The Balaban J connectivity index is 3.08. The molecular weight excluding hydrogens is 279 g/mol. The number of hydrogen-bond acceptors (Lipinski definition) is 3. The van der Waals surface area contributed by atoms with Crippen molar-refractivity contribution in [1.82, 2.24) is 0 Å². The van der Waals surface area contributed by atoms with E-state index in [0.717, 1.165) is 12.1 Å². The lowest BCUT2D eigenvalue weighted by Gasteiger charge is -2.11. The van der Waals surface area contributed by atoms with Gasteiger partial charge in [-0.25, -0.2) is 4.99 Å². The zero-order valence-electron chi connectivity index (χ0n) is 10.3. The first-order valence-corrected chi connectivity index (χ1v) is 5.09. The van der Waals surface area contributed by atoms with Crippen LogP contribution in [0.2, 0.25) is 0 Å². The first-order valence-electron chi connectivity index (χ1n) is 5.09. The van der Waals surface area contributed by atoms with Crippen LogP contribution < -0.4 is 26.7 Å². The fourth-order valence-corrected chi connectivity index (χ4v) is 1.23. The molecule has 1 rings (SSSR count). The number of nitrogens with two attached hydrogens (primary N) is 3. The van der Waals surface area contributed by atoms with Gasteiger partial charge in [0.1, 0.15) is 17.2 Å². The third kappa shape index (κ3) is 4.92. The fourth-order valence-electron chi connectivity index (χ4n) is 1.23. The lowest BCUT2D eigenvalue weighted by atomic mass is 10.3.